The minimum absolute atomic E-state index is 0.593. The van der Waals surface area contributed by atoms with Crippen molar-refractivity contribution in [2.45, 2.75) is 38.8 Å². The second kappa shape index (κ2) is 5.49. The maximum Gasteiger partial charge on any atom is 0.0603 e. The van der Waals surface area contributed by atoms with Gasteiger partial charge in [-0.05, 0) is 49.9 Å². The summed E-state index contributed by atoms with van der Waals surface area (Å²) >= 11 is 9.78. The van der Waals surface area contributed by atoms with E-state index in [4.69, 9.17) is 11.6 Å². The molecule has 0 aromatic heterocycles. The Kier molecular flexibility index (Phi) is 4.37. The van der Waals surface area contributed by atoms with Crippen molar-refractivity contribution in [2.75, 3.05) is 13.1 Å². The van der Waals surface area contributed by atoms with E-state index in [1.807, 2.05) is 19.9 Å². The van der Waals surface area contributed by atoms with Crippen LogP contribution < -0.4 is 0 Å². The van der Waals surface area contributed by atoms with Gasteiger partial charge in [0, 0.05) is 29.1 Å². The Bertz CT molecular complexity index is 442. The van der Waals surface area contributed by atoms with Crippen molar-refractivity contribution in [3.63, 3.8) is 0 Å². The summed E-state index contributed by atoms with van der Waals surface area (Å²) in [5, 5.41) is 10.6. The average molecular weight is 333 g/mol. The quantitative estimate of drug-likeness (QED) is 0.914. The van der Waals surface area contributed by atoms with Gasteiger partial charge in [0.05, 0.1) is 5.60 Å². The van der Waals surface area contributed by atoms with Crippen LogP contribution in [-0.4, -0.2) is 28.7 Å². The Hall–Kier alpha value is -0.0900. The Morgan fingerprint density at radius 3 is 2.83 bits per heavy atom. The van der Waals surface area contributed by atoms with Crippen LogP contribution in [0.25, 0.3) is 0 Å². The SMILES string of the molecule is CC(C)(O)CCN1CCc2cc(Br)cc(Cl)c2C1. The van der Waals surface area contributed by atoms with Crippen LogP contribution in [-0.2, 0) is 13.0 Å². The molecule has 1 aromatic rings. The zero-order chi connectivity index (χ0) is 13.3. The van der Waals surface area contributed by atoms with Gasteiger partial charge in [0.25, 0.3) is 0 Å². The topological polar surface area (TPSA) is 23.5 Å². The molecule has 0 bridgehead atoms. The van der Waals surface area contributed by atoms with Gasteiger partial charge in [-0.15, -0.1) is 0 Å². The molecule has 0 saturated carbocycles. The van der Waals surface area contributed by atoms with Gasteiger partial charge in [-0.3, -0.25) is 4.90 Å². The second-order valence-electron chi connectivity index (χ2n) is 5.61. The summed E-state index contributed by atoms with van der Waals surface area (Å²) in [6, 6.07) is 4.12. The molecule has 0 fully saturated rings. The molecule has 4 heteroatoms. The highest BCUT2D eigenvalue weighted by Crippen LogP contribution is 2.30. The van der Waals surface area contributed by atoms with Crippen molar-refractivity contribution in [2.24, 2.45) is 0 Å². The van der Waals surface area contributed by atoms with E-state index in [0.29, 0.717) is 0 Å². The molecule has 1 N–H and O–H groups in total. The monoisotopic (exact) mass is 331 g/mol. The maximum atomic E-state index is 9.78. The molecule has 1 aliphatic rings. The zero-order valence-corrected chi connectivity index (χ0v) is 13.2. The Morgan fingerprint density at radius 2 is 2.17 bits per heavy atom. The lowest BCUT2D eigenvalue weighted by atomic mass is 9.98. The lowest BCUT2D eigenvalue weighted by Gasteiger charge is -2.31. The predicted molar refractivity (Wildman–Crippen MR) is 79.0 cm³/mol. The molecule has 1 aromatic carbocycles. The van der Waals surface area contributed by atoms with Gasteiger partial charge in [-0.25, -0.2) is 0 Å². The number of hydrogen-bond donors (Lipinski definition) is 1. The van der Waals surface area contributed by atoms with Gasteiger partial charge in [0.15, 0.2) is 0 Å². The van der Waals surface area contributed by atoms with Crippen LogP contribution in [0.3, 0.4) is 0 Å². The molecule has 0 amide bonds. The summed E-state index contributed by atoms with van der Waals surface area (Å²) in [5.74, 6) is 0. The van der Waals surface area contributed by atoms with Crippen LogP contribution in [0.5, 0.6) is 0 Å². The normalized spacial score (nSPS) is 16.7. The molecule has 0 saturated heterocycles. The predicted octanol–water partition coefficient (Wildman–Crippen LogP) is 3.62. The van der Waals surface area contributed by atoms with Gasteiger partial charge < -0.3 is 5.11 Å². The second-order valence-corrected chi connectivity index (χ2v) is 6.94. The van der Waals surface area contributed by atoms with Gasteiger partial charge in [0.1, 0.15) is 0 Å². The fraction of sp³-hybridized carbons (Fsp3) is 0.571. The Balaban J connectivity index is 2.06. The third-order valence-electron chi connectivity index (χ3n) is 3.37. The summed E-state index contributed by atoms with van der Waals surface area (Å²) in [4.78, 5) is 2.36. The lowest BCUT2D eigenvalue weighted by molar-refractivity contribution is 0.0558. The van der Waals surface area contributed by atoms with E-state index in [1.54, 1.807) is 0 Å². The molecule has 2 rings (SSSR count). The van der Waals surface area contributed by atoms with Gasteiger partial charge in [-0.1, -0.05) is 27.5 Å². The van der Waals surface area contributed by atoms with Crippen molar-refractivity contribution in [3.8, 4) is 0 Å². The third-order valence-corrected chi connectivity index (χ3v) is 4.17. The average Bonchev–Trinajstić information content (AvgIpc) is 2.25. The van der Waals surface area contributed by atoms with Crippen LogP contribution in [0, 0.1) is 0 Å². The van der Waals surface area contributed by atoms with E-state index in [-0.39, 0.29) is 0 Å². The summed E-state index contributed by atoms with van der Waals surface area (Å²) in [6.07, 6.45) is 1.82. The van der Waals surface area contributed by atoms with E-state index < -0.39 is 5.60 Å². The molecule has 0 unspecified atom stereocenters. The highest BCUT2D eigenvalue weighted by Gasteiger charge is 2.21. The van der Waals surface area contributed by atoms with Gasteiger partial charge in [-0.2, -0.15) is 0 Å². The first-order valence-electron chi connectivity index (χ1n) is 6.27. The molecule has 0 aliphatic carbocycles. The van der Waals surface area contributed by atoms with E-state index in [2.05, 4.69) is 26.9 Å². The van der Waals surface area contributed by atoms with Crippen LogP contribution in [0.15, 0.2) is 16.6 Å². The minimum atomic E-state index is -0.593. The largest absolute Gasteiger partial charge is 0.390 e. The number of rotatable bonds is 3. The molecule has 1 aliphatic heterocycles. The van der Waals surface area contributed by atoms with Crippen LogP contribution in [0.4, 0.5) is 0 Å². The number of halogens is 2. The van der Waals surface area contributed by atoms with E-state index in [1.165, 1.54) is 11.1 Å². The number of benzene rings is 1. The number of nitrogens with zero attached hydrogens (tertiary/aromatic N) is 1. The molecular formula is C14H19BrClNO. The van der Waals surface area contributed by atoms with Crippen molar-refractivity contribution >= 4 is 27.5 Å². The minimum Gasteiger partial charge on any atom is -0.390 e. The van der Waals surface area contributed by atoms with Crippen molar-refractivity contribution in [1.82, 2.24) is 4.90 Å². The van der Waals surface area contributed by atoms with E-state index in [9.17, 15) is 5.11 Å². The number of fused-ring (bicyclic) bond motifs is 1. The fourth-order valence-corrected chi connectivity index (χ4v) is 3.20. The third kappa shape index (κ3) is 3.70. The van der Waals surface area contributed by atoms with E-state index in [0.717, 1.165) is 42.0 Å². The standard InChI is InChI=1S/C14H19BrClNO/c1-14(2,18)4-6-17-5-3-10-7-11(15)8-13(16)12(10)9-17/h7-8,18H,3-6,9H2,1-2H3. The lowest BCUT2D eigenvalue weighted by Crippen LogP contribution is -2.35. The molecule has 1 heterocycles. The molecular weight excluding hydrogens is 314 g/mol. The summed E-state index contributed by atoms with van der Waals surface area (Å²) in [7, 11) is 0. The zero-order valence-electron chi connectivity index (χ0n) is 10.8. The molecule has 0 spiro atoms. The maximum absolute atomic E-state index is 9.78. The Labute approximate surface area is 122 Å². The molecule has 18 heavy (non-hydrogen) atoms. The molecule has 0 atom stereocenters. The first-order chi connectivity index (χ1) is 8.35. The van der Waals surface area contributed by atoms with Gasteiger partial charge >= 0.3 is 0 Å². The molecule has 100 valence electrons. The van der Waals surface area contributed by atoms with Crippen LogP contribution >= 0.6 is 27.5 Å². The number of hydrogen-bond acceptors (Lipinski definition) is 2. The van der Waals surface area contributed by atoms with Gasteiger partial charge in [0.2, 0.25) is 0 Å². The molecule has 0 radical (unpaired) electrons. The highest BCUT2D eigenvalue weighted by atomic mass is 79.9. The van der Waals surface area contributed by atoms with Crippen LogP contribution in [0.1, 0.15) is 31.4 Å². The van der Waals surface area contributed by atoms with Crippen molar-refractivity contribution < 1.29 is 5.11 Å². The number of aliphatic hydroxyl groups is 1. The fourth-order valence-electron chi connectivity index (χ4n) is 2.26. The van der Waals surface area contributed by atoms with Crippen molar-refractivity contribution in [3.05, 3.63) is 32.8 Å². The highest BCUT2D eigenvalue weighted by molar-refractivity contribution is 9.10. The Morgan fingerprint density at radius 1 is 1.44 bits per heavy atom. The smallest absolute Gasteiger partial charge is 0.0603 e. The summed E-state index contributed by atoms with van der Waals surface area (Å²) < 4.78 is 1.05. The molecule has 2 nitrogen and oxygen atoms in total. The summed E-state index contributed by atoms with van der Waals surface area (Å²) in [6.45, 7) is 6.55. The first-order valence-corrected chi connectivity index (χ1v) is 7.44. The summed E-state index contributed by atoms with van der Waals surface area (Å²) in [5.41, 5.74) is 1.99. The van der Waals surface area contributed by atoms with E-state index >= 15 is 0 Å². The first kappa shape index (κ1) is 14.3. The van der Waals surface area contributed by atoms with Crippen LogP contribution in [0.2, 0.25) is 5.02 Å². The van der Waals surface area contributed by atoms with Crippen molar-refractivity contribution in [1.29, 1.82) is 0 Å².